The molecule has 2 rings (SSSR count). The first kappa shape index (κ1) is 15.7. The number of halogens is 1. The van der Waals surface area contributed by atoms with E-state index in [1.165, 1.54) is 12.1 Å². The highest BCUT2D eigenvalue weighted by atomic mass is 19.1. The average molecular weight is 296 g/mol. The summed E-state index contributed by atoms with van der Waals surface area (Å²) < 4.78 is 12.8. The van der Waals surface area contributed by atoms with Crippen molar-refractivity contribution in [2.75, 3.05) is 0 Å². The van der Waals surface area contributed by atoms with Crippen molar-refractivity contribution in [2.24, 2.45) is 0 Å². The molecule has 1 atom stereocenters. The summed E-state index contributed by atoms with van der Waals surface area (Å²) >= 11 is 0. The number of carbonyl (C=O) groups is 1. The Bertz CT molecular complexity index is 689. The Hall–Kier alpha value is -2.67. The van der Waals surface area contributed by atoms with Gasteiger partial charge in [0.05, 0.1) is 17.7 Å². The molecule has 1 amide bonds. The van der Waals surface area contributed by atoms with Crippen molar-refractivity contribution in [3.05, 3.63) is 71.0 Å². The Morgan fingerprint density at radius 1 is 1.27 bits per heavy atom. The summed E-state index contributed by atoms with van der Waals surface area (Å²) in [6, 6.07) is 15.3. The zero-order valence-corrected chi connectivity index (χ0v) is 12.3. The van der Waals surface area contributed by atoms with Crippen LogP contribution < -0.4 is 5.32 Å². The molecular weight excluding hydrogens is 279 g/mol. The van der Waals surface area contributed by atoms with Crippen LogP contribution in [0.2, 0.25) is 0 Å². The first-order chi connectivity index (χ1) is 10.6. The van der Waals surface area contributed by atoms with Gasteiger partial charge in [0, 0.05) is 6.42 Å². The van der Waals surface area contributed by atoms with Crippen LogP contribution in [0, 0.1) is 17.1 Å². The summed E-state index contributed by atoms with van der Waals surface area (Å²) in [5, 5.41) is 11.8. The molecule has 0 radical (unpaired) electrons. The van der Waals surface area contributed by atoms with Gasteiger partial charge >= 0.3 is 0 Å². The molecule has 1 N–H and O–H groups in total. The number of nitriles is 1. The Kier molecular flexibility index (Phi) is 5.26. The van der Waals surface area contributed by atoms with Gasteiger partial charge in [0.2, 0.25) is 5.91 Å². The minimum Gasteiger partial charge on any atom is -0.350 e. The highest BCUT2D eigenvalue weighted by molar-refractivity contribution is 5.76. The number of amides is 1. The molecule has 0 aliphatic carbocycles. The average Bonchev–Trinajstić information content (AvgIpc) is 2.54. The van der Waals surface area contributed by atoms with Gasteiger partial charge in [-0.25, -0.2) is 4.39 Å². The predicted molar refractivity (Wildman–Crippen MR) is 82.4 cm³/mol. The first-order valence-corrected chi connectivity index (χ1v) is 7.12. The lowest BCUT2D eigenvalue weighted by atomic mass is 10.0. The van der Waals surface area contributed by atoms with Gasteiger partial charge < -0.3 is 5.32 Å². The smallest absolute Gasteiger partial charge is 0.220 e. The highest BCUT2D eigenvalue weighted by Gasteiger charge is 2.10. The lowest BCUT2D eigenvalue weighted by molar-refractivity contribution is -0.121. The topological polar surface area (TPSA) is 52.9 Å². The molecule has 0 unspecified atom stereocenters. The second-order valence-corrected chi connectivity index (χ2v) is 5.15. The van der Waals surface area contributed by atoms with Crippen molar-refractivity contribution in [1.29, 1.82) is 5.26 Å². The Morgan fingerprint density at radius 2 is 2.00 bits per heavy atom. The van der Waals surface area contributed by atoms with Crippen molar-refractivity contribution >= 4 is 5.91 Å². The monoisotopic (exact) mass is 296 g/mol. The van der Waals surface area contributed by atoms with Gasteiger partial charge in [-0.2, -0.15) is 5.26 Å². The summed E-state index contributed by atoms with van der Waals surface area (Å²) in [5.41, 5.74) is 2.40. The van der Waals surface area contributed by atoms with E-state index in [1.807, 2.05) is 13.0 Å². The molecule has 0 aliphatic rings. The Labute approximate surface area is 129 Å². The predicted octanol–water partition coefficient (Wildman–Crippen LogP) is 3.51. The maximum Gasteiger partial charge on any atom is 0.220 e. The van der Waals surface area contributed by atoms with Crippen LogP contribution in [0.1, 0.15) is 36.1 Å². The molecule has 0 saturated heterocycles. The molecule has 3 nitrogen and oxygen atoms in total. The van der Waals surface area contributed by atoms with Gasteiger partial charge in [0.25, 0.3) is 0 Å². The Morgan fingerprint density at radius 3 is 2.68 bits per heavy atom. The Balaban J connectivity index is 1.88. The van der Waals surface area contributed by atoms with E-state index in [1.54, 1.807) is 30.3 Å². The third kappa shape index (κ3) is 4.42. The maximum atomic E-state index is 12.8. The second-order valence-electron chi connectivity index (χ2n) is 5.15. The highest BCUT2D eigenvalue weighted by Crippen LogP contribution is 2.14. The zero-order valence-electron chi connectivity index (χ0n) is 12.3. The molecule has 2 aromatic carbocycles. The molecule has 0 fully saturated rings. The minimum atomic E-state index is -0.279. The largest absolute Gasteiger partial charge is 0.350 e. The van der Waals surface area contributed by atoms with Crippen LogP contribution in [0.5, 0.6) is 0 Å². The van der Waals surface area contributed by atoms with Gasteiger partial charge in [0.1, 0.15) is 5.82 Å². The van der Waals surface area contributed by atoms with Crippen LogP contribution in [0.15, 0.2) is 48.5 Å². The summed E-state index contributed by atoms with van der Waals surface area (Å²) in [6.07, 6.45) is 0.908. The van der Waals surface area contributed by atoms with E-state index in [2.05, 4.69) is 11.4 Å². The van der Waals surface area contributed by atoms with Crippen LogP contribution in [0.4, 0.5) is 4.39 Å². The van der Waals surface area contributed by atoms with Crippen molar-refractivity contribution in [2.45, 2.75) is 25.8 Å². The van der Waals surface area contributed by atoms with Crippen LogP contribution in [-0.4, -0.2) is 5.91 Å². The standard InChI is InChI=1S/C18H17FN2O/c1-13(16-4-2-3-15(11-16)12-20)21-18(22)10-7-14-5-8-17(19)9-6-14/h2-6,8-9,11,13H,7,10H2,1H3,(H,21,22)/t13-/m1/s1. The van der Waals surface area contributed by atoms with Crippen LogP contribution in [0.25, 0.3) is 0 Å². The number of benzene rings is 2. The van der Waals surface area contributed by atoms with E-state index in [-0.39, 0.29) is 17.8 Å². The molecule has 0 aliphatic heterocycles. The van der Waals surface area contributed by atoms with Gasteiger partial charge in [-0.05, 0) is 48.7 Å². The molecule has 0 spiro atoms. The maximum absolute atomic E-state index is 12.8. The van der Waals surface area contributed by atoms with E-state index in [4.69, 9.17) is 5.26 Å². The zero-order chi connectivity index (χ0) is 15.9. The van der Waals surface area contributed by atoms with Crippen molar-refractivity contribution in [3.8, 4) is 6.07 Å². The first-order valence-electron chi connectivity index (χ1n) is 7.12. The number of nitrogens with one attached hydrogen (secondary N) is 1. The number of aryl methyl sites for hydroxylation is 1. The molecule has 0 aromatic heterocycles. The van der Waals surface area contributed by atoms with Crippen molar-refractivity contribution in [1.82, 2.24) is 5.32 Å². The molecule has 22 heavy (non-hydrogen) atoms. The summed E-state index contributed by atoms with van der Waals surface area (Å²) in [5.74, 6) is -0.349. The molecule has 4 heteroatoms. The minimum absolute atomic E-state index is 0.0702. The van der Waals surface area contributed by atoms with Gasteiger partial charge in [-0.15, -0.1) is 0 Å². The second kappa shape index (κ2) is 7.37. The molecular formula is C18H17FN2O. The van der Waals surface area contributed by atoms with Gasteiger partial charge in [-0.3, -0.25) is 4.79 Å². The fourth-order valence-corrected chi connectivity index (χ4v) is 2.18. The van der Waals surface area contributed by atoms with Crippen molar-refractivity contribution < 1.29 is 9.18 Å². The van der Waals surface area contributed by atoms with E-state index in [9.17, 15) is 9.18 Å². The third-order valence-corrected chi connectivity index (χ3v) is 3.45. The SMILES string of the molecule is C[C@@H](NC(=O)CCc1ccc(F)cc1)c1cccc(C#N)c1. The quantitative estimate of drug-likeness (QED) is 0.918. The molecule has 0 saturated carbocycles. The molecule has 0 heterocycles. The van der Waals surface area contributed by atoms with Crippen LogP contribution in [0.3, 0.4) is 0 Å². The normalized spacial score (nSPS) is 11.5. The number of hydrogen-bond acceptors (Lipinski definition) is 2. The van der Waals surface area contributed by atoms with Crippen molar-refractivity contribution in [3.63, 3.8) is 0 Å². The van der Waals surface area contributed by atoms with Crippen LogP contribution in [-0.2, 0) is 11.2 Å². The van der Waals surface area contributed by atoms with E-state index in [0.29, 0.717) is 18.4 Å². The fourth-order valence-electron chi connectivity index (χ4n) is 2.18. The lowest BCUT2D eigenvalue weighted by Gasteiger charge is -2.14. The van der Waals surface area contributed by atoms with E-state index >= 15 is 0 Å². The van der Waals surface area contributed by atoms with Crippen LogP contribution >= 0.6 is 0 Å². The number of nitrogens with zero attached hydrogens (tertiary/aromatic N) is 1. The summed E-state index contributed by atoms with van der Waals surface area (Å²) in [7, 11) is 0. The molecule has 112 valence electrons. The molecule has 0 bridgehead atoms. The number of rotatable bonds is 5. The van der Waals surface area contributed by atoms with E-state index in [0.717, 1.165) is 11.1 Å². The van der Waals surface area contributed by atoms with Gasteiger partial charge in [0.15, 0.2) is 0 Å². The number of carbonyl (C=O) groups excluding carboxylic acids is 1. The lowest BCUT2D eigenvalue weighted by Crippen LogP contribution is -2.26. The number of hydrogen-bond donors (Lipinski definition) is 1. The third-order valence-electron chi connectivity index (χ3n) is 3.45. The molecule has 2 aromatic rings. The summed E-state index contributed by atoms with van der Waals surface area (Å²) in [4.78, 5) is 12.0. The fraction of sp³-hybridized carbons (Fsp3) is 0.222. The summed E-state index contributed by atoms with van der Waals surface area (Å²) in [6.45, 7) is 1.88. The van der Waals surface area contributed by atoms with Gasteiger partial charge in [-0.1, -0.05) is 24.3 Å². The van der Waals surface area contributed by atoms with E-state index < -0.39 is 0 Å².